The first kappa shape index (κ1) is 47.8. The van der Waals surface area contributed by atoms with Gasteiger partial charge < -0.3 is 39.6 Å². The molecule has 4 unspecified atom stereocenters. The molecule has 0 aliphatic heterocycles. The zero-order chi connectivity index (χ0) is 35.9. The molecular formula is C40H68O8Pb-4. The van der Waals surface area contributed by atoms with Crippen LogP contribution in [0, 0.1) is 47.3 Å². The summed E-state index contributed by atoms with van der Waals surface area (Å²) in [6, 6.07) is 0. The van der Waals surface area contributed by atoms with Gasteiger partial charge in [0.25, 0.3) is 0 Å². The van der Waals surface area contributed by atoms with Crippen molar-refractivity contribution >= 4 is 51.2 Å². The molecule has 9 heteroatoms. The summed E-state index contributed by atoms with van der Waals surface area (Å²) in [6.07, 6.45) is 26.4. The van der Waals surface area contributed by atoms with E-state index < -0.39 is 23.9 Å². The number of hydrogen-bond acceptors (Lipinski definition) is 8. The molecule has 0 bridgehead atoms. The van der Waals surface area contributed by atoms with Crippen LogP contribution in [0.5, 0.6) is 0 Å². The van der Waals surface area contributed by atoms with Crippen molar-refractivity contribution in [3.8, 4) is 0 Å². The first-order chi connectivity index (χ1) is 23.0. The molecule has 4 radical (unpaired) electrons. The van der Waals surface area contributed by atoms with Crippen LogP contribution in [0.3, 0.4) is 0 Å². The molecule has 4 rings (SSSR count). The fraction of sp³-hybridized carbons (Fsp3) is 0.900. The van der Waals surface area contributed by atoms with Gasteiger partial charge in [-0.2, -0.15) is 0 Å². The van der Waals surface area contributed by atoms with Crippen LogP contribution in [0.4, 0.5) is 0 Å². The van der Waals surface area contributed by atoms with E-state index in [0.29, 0.717) is 23.7 Å². The zero-order valence-corrected chi connectivity index (χ0v) is 35.2. The quantitative estimate of drug-likeness (QED) is 0.248. The standard InChI is InChI=1S/4C10H18O2.Pb/c4*1-2-9(10(11)12)8-6-4-3-5-7-8;/h4*8-9H,2-7H2,1H3,(H,11,12);/p-4. The summed E-state index contributed by atoms with van der Waals surface area (Å²) >= 11 is 0. The van der Waals surface area contributed by atoms with Crippen molar-refractivity contribution in [1.82, 2.24) is 0 Å². The molecule has 4 atom stereocenters. The van der Waals surface area contributed by atoms with Crippen molar-refractivity contribution < 1.29 is 39.6 Å². The Labute approximate surface area is 318 Å². The van der Waals surface area contributed by atoms with Gasteiger partial charge in [0.15, 0.2) is 0 Å². The molecule has 0 spiro atoms. The van der Waals surface area contributed by atoms with Crippen molar-refractivity contribution in [2.75, 3.05) is 0 Å². The molecule has 4 fully saturated rings. The summed E-state index contributed by atoms with van der Waals surface area (Å²) in [4.78, 5) is 42.9. The van der Waals surface area contributed by atoms with Gasteiger partial charge in [0, 0.05) is 74.8 Å². The van der Waals surface area contributed by atoms with Gasteiger partial charge in [-0.25, -0.2) is 0 Å². The molecule has 8 nitrogen and oxygen atoms in total. The molecule has 0 aromatic carbocycles. The Morgan fingerprint density at radius 2 is 0.510 bits per heavy atom. The maximum atomic E-state index is 10.7. The monoisotopic (exact) mass is 884 g/mol. The second kappa shape index (κ2) is 28.4. The summed E-state index contributed by atoms with van der Waals surface area (Å²) in [5, 5.41) is 42.9. The molecule has 0 N–H and O–H groups in total. The van der Waals surface area contributed by atoms with E-state index in [2.05, 4.69) is 0 Å². The Hall–Kier alpha value is -1.20. The molecule has 284 valence electrons. The summed E-state index contributed by atoms with van der Waals surface area (Å²) in [6.45, 7) is 7.76. The smallest absolute Gasteiger partial charge is 0.0447 e. The summed E-state index contributed by atoms with van der Waals surface area (Å²) in [7, 11) is 0. The van der Waals surface area contributed by atoms with Gasteiger partial charge in [0.2, 0.25) is 0 Å². The average molecular weight is 884 g/mol. The summed E-state index contributed by atoms with van der Waals surface area (Å²) in [5.41, 5.74) is 0. The minimum absolute atomic E-state index is 0. The Kier molecular flexibility index (Phi) is 27.7. The van der Waals surface area contributed by atoms with Crippen LogP contribution in [0.25, 0.3) is 0 Å². The Bertz CT molecular complexity index is 743. The topological polar surface area (TPSA) is 161 Å². The van der Waals surface area contributed by atoms with Crippen LogP contribution in [0.15, 0.2) is 0 Å². The molecule has 0 heterocycles. The van der Waals surface area contributed by atoms with Crippen LogP contribution in [0.2, 0.25) is 0 Å². The fourth-order valence-corrected chi connectivity index (χ4v) is 8.92. The normalized spacial score (nSPS) is 21.6. The van der Waals surface area contributed by atoms with Gasteiger partial charge in [0.1, 0.15) is 0 Å². The summed E-state index contributed by atoms with van der Waals surface area (Å²) in [5.74, 6) is -2.54. The molecule has 4 saturated carbocycles. The third-order valence-electron chi connectivity index (χ3n) is 11.8. The van der Waals surface area contributed by atoms with Crippen molar-refractivity contribution in [2.45, 2.75) is 182 Å². The number of rotatable bonds is 12. The maximum Gasteiger partial charge on any atom is 0.0447 e. The van der Waals surface area contributed by atoms with Crippen LogP contribution >= 0.6 is 0 Å². The number of carboxylic acid groups (broad SMARTS) is 4. The van der Waals surface area contributed by atoms with Gasteiger partial charge in [-0.05, 0) is 101 Å². The zero-order valence-electron chi connectivity index (χ0n) is 31.4. The molecule has 0 amide bonds. The van der Waals surface area contributed by atoms with Crippen molar-refractivity contribution in [3.05, 3.63) is 0 Å². The van der Waals surface area contributed by atoms with Gasteiger partial charge in [-0.15, -0.1) is 0 Å². The average Bonchev–Trinajstić information content (AvgIpc) is 3.08. The van der Waals surface area contributed by atoms with Gasteiger partial charge >= 0.3 is 0 Å². The van der Waals surface area contributed by atoms with E-state index in [9.17, 15) is 39.6 Å². The summed E-state index contributed by atoms with van der Waals surface area (Å²) < 4.78 is 0. The second-order valence-electron chi connectivity index (χ2n) is 14.9. The fourth-order valence-electron chi connectivity index (χ4n) is 8.92. The predicted octanol–water partition coefficient (Wildman–Crippen LogP) is 4.99. The third kappa shape index (κ3) is 18.7. The van der Waals surface area contributed by atoms with Crippen molar-refractivity contribution in [3.63, 3.8) is 0 Å². The Morgan fingerprint density at radius 1 is 0.367 bits per heavy atom. The van der Waals surface area contributed by atoms with Gasteiger partial charge in [0.05, 0.1) is 0 Å². The van der Waals surface area contributed by atoms with Crippen molar-refractivity contribution in [2.24, 2.45) is 47.3 Å². The maximum absolute atomic E-state index is 10.7. The number of carboxylic acids is 4. The molecule has 0 saturated heterocycles. The molecule has 0 aromatic heterocycles. The first-order valence-electron chi connectivity index (χ1n) is 19.8. The Morgan fingerprint density at radius 3 is 0.612 bits per heavy atom. The Balaban J connectivity index is 0.000000623. The first-order valence-corrected chi connectivity index (χ1v) is 19.8. The van der Waals surface area contributed by atoms with E-state index in [1.54, 1.807) is 0 Å². The minimum Gasteiger partial charge on any atom is -0.550 e. The number of carbonyl (C=O) groups excluding carboxylic acids is 4. The SMILES string of the molecule is CCC(C(=O)[O-])C1CCCCC1.CCC(C(=O)[O-])C1CCCCC1.CCC(C(=O)[O-])C1CCCCC1.CCC(C(=O)[O-])C1CCCCC1.[Pb]. The molecule has 0 aromatic rings. The third-order valence-corrected chi connectivity index (χ3v) is 11.8. The predicted molar refractivity (Wildman–Crippen MR) is 187 cm³/mol. The van der Waals surface area contributed by atoms with E-state index in [-0.39, 0.29) is 51.0 Å². The number of carbonyl (C=O) groups is 4. The van der Waals surface area contributed by atoms with E-state index in [0.717, 1.165) is 77.0 Å². The largest absolute Gasteiger partial charge is 0.550 e. The minimum atomic E-state index is -0.843. The molecular weight excluding hydrogens is 816 g/mol. The second-order valence-corrected chi connectivity index (χ2v) is 14.9. The number of aliphatic carboxylic acids is 4. The van der Waals surface area contributed by atoms with Crippen LogP contribution in [0.1, 0.15) is 182 Å². The van der Waals surface area contributed by atoms with Gasteiger partial charge in [-0.1, -0.05) is 105 Å². The van der Waals surface area contributed by atoms with E-state index in [1.807, 2.05) is 27.7 Å². The number of hydrogen-bond donors (Lipinski definition) is 0. The van der Waals surface area contributed by atoms with Crippen molar-refractivity contribution in [1.29, 1.82) is 0 Å². The van der Waals surface area contributed by atoms with E-state index >= 15 is 0 Å². The molecule has 4 aliphatic carbocycles. The van der Waals surface area contributed by atoms with Crippen LogP contribution in [-0.4, -0.2) is 51.2 Å². The van der Waals surface area contributed by atoms with E-state index in [4.69, 9.17) is 0 Å². The molecule has 49 heavy (non-hydrogen) atoms. The van der Waals surface area contributed by atoms with Crippen LogP contribution in [-0.2, 0) is 19.2 Å². The molecule has 4 aliphatic rings. The van der Waals surface area contributed by atoms with E-state index in [1.165, 1.54) is 77.0 Å². The van der Waals surface area contributed by atoms with Gasteiger partial charge in [-0.3, -0.25) is 0 Å². The van der Waals surface area contributed by atoms with Crippen LogP contribution < -0.4 is 20.4 Å².